The summed E-state index contributed by atoms with van der Waals surface area (Å²) >= 11 is 0. The van der Waals surface area contributed by atoms with Crippen LogP contribution in [0.4, 0.5) is 4.79 Å². The number of alkyl carbamates (subject to hydrolysis) is 1. The Kier molecular flexibility index (Phi) is 9.30. The highest BCUT2D eigenvalue weighted by atomic mass is 16.5. The van der Waals surface area contributed by atoms with Crippen LogP contribution in [0.1, 0.15) is 67.9 Å². The molecule has 0 radical (unpaired) electrons. The van der Waals surface area contributed by atoms with Gasteiger partial charge in [0, 0.05) is 13.1 Å². The molecule has 3 fully saturated rings. The van der Waals surface area contributed by atoms with E-state index < -0.39 is 17.6 Å². The molecule has 3 atom stereocenters. The number of carbonyl (C=O) groups is 3. The van der Waals surface area contributed by atoms with Crippen LogP contribution in [0, 0.1) is 5.41 Å². The average Bonchev–Trinajstić information content (AvgIpc) is 4.03. The predicted octanol–water partition coefficient (Wildman–Crippen LogP) is 6.59. The largest absolute Gasteiger partial charge is 0.453 e. The summed E-state index contributed by atoms with van der Waals surface area (Å²) in [5.41, 5.74) is 6.23. The summed E-state index contributed by atoms with van der Waals surface area (Å²) in [6.07, 6.45) is 6.46. The quantitative estimate of drug-likeness (QED) is 0.156. The molecule has 8 rings (SSSR count). The number of H-pyrrole nitrogens is 2. The van der Waals surface area contributed by atoms with Gasteiger partial charge in [-0.25, -0.2) is 14.8 Å². The van der Waals surface area contributed by atoms with Crippen molar-refractivity contribution >= 4 is 17.9 Å². The standard InChI is InChI=1S/C41H43N7O5/c1-41(24-53-25-41)39(50)48-21-7-11-34(48)37-43-23-32(45-37)29-18-14-27(15-19-29)26-12-16-28(17-13-26)31-22-42-36(44-31)33-10-6-20-47(33)38(49)35(46-40(51)52-2)30-8-4-3-5-9-30/h3-5,8-9,12-19,22-23,33-35H,6-7,10-11,20-21,24-25H2,1-2H3,(H,42,44)(H,43,45)(H,46,51)/t33-,34+,35+/m0/s1. The number of aromatic nitrogens is 4. The van der Waals surface area contributed by atoms with Crippen molar-refractivity contribution in [1.29, 1.82) is 0 Å². The van der Waals surface area contributed by atoms with E-state index in [0.29, 0.717) is 31.1 Å². The molecule has 3 N–H and O–H groups in total. The first-order valence-corrected chi connectivity index (χ1v) is 18.2. The van der Waals surface area contributed by atoms with Crippen LogP contribution in [0.5, 0.6) is 0 Å². The Bertz CT molecular complexity index is 2090. The Morgan fingerprint density at radius 3 is 1.79 bits per heavy atom. The van der Waals surface area contributed by atoms with Gasteiger partial charge in [0.1, 0.15) is 17.7 Å². The third-order valence-electron chi connectivity index (χ3n) is 10.8. The molecule has 3 amide bonds. The number of benzene rings is 3. The molecule has 3 aromatic carbocycles. The molecular formula is C41H43N7O5. The van der Waals surface area contributed by atoms with Gasteiger partial charge in [-0.2, -0.15) is 0 Å². The van der Waals surface area contributed by atoms with Gasteiger partial charge in [0.2, 0.25) is 5.91 Å². The second kappa shape index (κ2) is 14.3. The van der Waals surface area contributed by atoms with Crippen molar-refractivity contribution in [2.24, 2.45) is 5.41 Å². The van der Waals surface area contributed by atoms with Gasteiger partial charge >= 0.3 is 6.09 Å². The molecular weight excluding hydrogens is 670 g/mol. The van der Waals surface area contributed by atoms with E-state index in [1.165, 1.54) is 7.11 Å². The molecule has 12 nitrogen and oxygen atoms in total. The number of likely N-dealkylation sites (tertiary alicyclic amines) is 2. The highest BCUT2D eigenvalue weighted by Crippen LogP contribution is 2.38. The number of aromatic amines is 2. The number of hydrogen-bond acceptors (Lipinski definition) is 7. The molecule has 3 aliphatic heterocycles. The van der Waals surface area contributed by atoms with Crippen LogP contribution < -0.4 is 5.32 Å². The van der Waals surface area contributed by atoms with E-state index in [1.54, 1.807) is 4.90 Å². The Morgan fingerprint density at radius 2 is 1.28 bits per heavy atom. The first-order chi connectivity index (χ1) is 25.8. The summed E-state index contributed by atoms with van der Waals surface area (Å²) in [6, 6.07) is 24.7. The van der Waals surface area contributed by atoms with Crippen molar-refractivity contribution in [2.45, 2.75) is 50.7 Å². The topological polar surface area (TPSA) is 146 Å². The summed E-state index contributed by atoms with van der Waals surface area (Å²) in [6.45, 7) is 4.26. The van der Waals surface area contributed by atoms with Crippen LogP contribution >= 0.6 is 0 Å². The number of amides is 3. The predicted molar refractivity (Wildman–Crippen MR) is 198 cm³/mol. The lowest BCUT2D eigenvalue weighted by Gasteiger charge is -2.40. The van der Waals surface area contributed by atoms with Crippen molar-refractivity contribution in [3.8, 4) is 33.6 Å². The molecule has 0 unspecified atom stereocenters. The lowest BCUT2D eigenvalue weighted by atomic mass is 9.86. The summed E-state index contributed by atoms with van der Waals surface area (Å²) < 4.78 is 10.2. The SMILES string of the molecule is COC(=O)N[C@@H](C(=O)N1CCC[C@H]1c1ncc(-c2ccc(-c3ccc(-c4cnc([C@H]5CCCN5C(=O)C5(C)COC5)[nH]4)cc3)cc2)[nH]1)c1ccccc1. The van der Waals surface area contributed by atoms with Crippen molar-refractivity contribution in [3.63, 3.8) is 0 Å². The van der Waals surface area contributed by atoms with Gasteiger partial charge in [0.15, 0.2) is 0 Å². The maximum Gasteiger partial charge on any atom is 0.407 e. The lowest BCUT2D eigenvalue weighted by molar-refractivity contribution is -0.169. The maximum atomic E-state index is 13.9. The molecule has 3 saturated heterocycles. The molecule has 12 heteroatoms. The molecule has 5 aromatic rings. The van der Waals surface area contributed by atoms with E-state index in [-0.39, 0.29) is 23.9 Å². The van der Waals surface area contributed by atoms with E-state index >= 15 is 0 Å². The third-order valence-corrected chi connectivity index (χ3v) is 10.8. The Labute approximate surface area is 307 Å². The van der Waals surface area contributed by atoms with E-state index in [2.05, 4.69) is 63.8 Å². The van der Waals surface area contributed by atoms with Crippen molar-refractivity contribution in [1.82, 2.24) is 35.1 Å². The van der Waals surface area contributed by atoms with Gasteiger partial charge in [-0.05, 0) is 60.4 Å². The zero-order valence-corrected chi connectivity index (χ0v) is 29.9. The molecule has 0 aliphatic carbocycles. The molecule has 0 bridgehead atoms. The third kappa shape index (κ3) is 6.70. The number of hydrogen-bond donors (Lipinski definition) is 3. The normalized spacial score (nSPS) is 19.8. The first kappa shape index (κ1) is 34.3. The number of rotatable bonds is 9. The van der Waals surface area contributed by atoms with Crippen LogP contribution in [0.3, 0.4) is 0 Å². The van der Waals surface area contributed by atoms with Gasteiger partial charge < -0.3 is 34.6 Å². The fourth-order valence-electron chi connectivity index (χ4n) is 7.75. The Hall–Kier alpha value is -5.75. The molecule has 3 aliphatic rings. The smallest absolute Gasteiger partial charge is 0.407 e. The van der Waals surface area contributed by atoms with E-state index in [0.717, 1.165) is 71.7 Å². The summed E-state index contributed by atoms with van der Waals surface area (Å²) in [4.78, 5) is 59.4. The minimum atomic E-state index is -0.867. The average molecular weight is 714 g/mol. The number of imidazole rings is 2. The summed E-state index contributed by atoms with van der Waals surface area (Å²) in [5, 5.41) is 2.71. The monoisotopic (exact) mass is 713 g/mol. The van der Waals surface area contributed by atoms with Crippen molar-refractivity contribution in [2.75, 3.05) is 33.4 Å². The number of nitrogens with zero attached hydrogens (tertiary/aromatic N) is 4. The fraction of sp³-hybridized carbons (Fsp3) is 0.341. The Balaban J connectivity index is 0.933. The van der Waals surface area contributed by atoms with Crippen LogP contribution in [0.2, 0.25) is 0 Å². The van der Waals surface area contributed by atoms with E-state index in [4.69, 9.17) is 19.4 Å². The molecule has 5 heterocycles. The van der Waals surface area contributed by atoms with Crippen LogP contribution in [0.15, 0.2) is 91.3 Å². The molecule has 0 saturated carbocycles. The number of ether oxygens (including phenoxy) is 2. The number of nitrogens with one attached hydrogen (secondary N) is 3. The summed E-state index contributed by atoms with van der Waals surface area (Å²) in [7, 11) is 1.29. The fourth-order valence-corrected chi connectivity index (χ4v) is 7.75. The highest BCUT2D eigenvalue weighted by molar-refractivity contribution is 5.87. The maximum absolute atomic E-state index is 13.9. The van der Waals surface area contributed by atoms with Crippen molar-refractivity contribution < 1.29 is 23.9 Å². The van der Waals surface area contributed by atoms with E-state index in [9.17, 15) is 14.4 Å². The molecule has 0 spiro atoms. The zero-order chi connectivity index (χ0) is 36.5. The van der Waals surface area contributed by atoms with Crippen LogP contribution in [-0.2, 0) is 19.1 Å². The number of carbonyl (C=O) groups excluding carboxylic acids is 3. The molecule has 272 valence electrons. The zero-order valence-electron chi connectivity index (χ0n) is 29.9. The number of methoxy groups -OCH3 is 1. The van der Waals surface area contributed by atoms with Gasteiger partial charge in [-0.1, -0.05) is 78.9 Å². The van der Waals surface area contributed by atoms with Crippen LogP contribution in [0.25, 0.3) is 33.6 Å². The Morgan fingerprint density at radius 1 is 0.774 bits per heavy atom. The minimum absolute atomic E-state index is 0.0423. The highest BCUT2D eigenvalue weighted by Gasteiger charge is 2.47. The summed E-state index contributed by atoms with van der Waals surface area (Å²) in [5.74, 6) is 1.50. The van der Waals surface area contributed by atoms with Gasteiger partial charge in [0.25, 0.3) is 5.91 Å². The second-order valence-electron chi connectivity index (χ2n) is 14.4. The van der Waals surface area contributed by atoms with Crippen LogP contribution in [-0.4, -0.2) is 81.1 Å². The molecule has 53 heavy (non-hydrogen) atoms. The first-order valence-electron chi connectivity index (χ1n) is 18.2. The lowest BCUT2D eigenvalue weighted by Crippen LogP contribution is -2.53. The minimum Gasteiger partial charge on any atom is -0.453 e. The second-order valence-corrected chi connectivity index (χ2v) is 14.4. The van der Waals surface area contributed by atoms with E-state index in [1.807, 2.05) is 54.5 Å². The van der Waals surface area contributed by atoms with Gasteiger partial charge in [-0.15, -0.1) is 0 Å². The van der Waals surface area contributed by atoms with Gasteiger partial charge in [0.05, 0.1) is 61.6 Å². The van der Waals surface area contributed by atoms with Crippen molar-refractivity contribution in [3.05, 3.63) is 108 Å². The molecule has 2 aromatic heterocycles. The van der Waals surface area contributed by atoms with Gasteiger partial charge in [-0.3, -0.25) is 9.59 Å².